The molecule has 0 radical (unpaired) electrons. The molecule has 0 aromatic heterocycles. The summed E-state index contributed by atoms with van der Waals surface area (Å²) in [7, 11) is 0. The van der Waals surface area contributed by atoms with Gasteiger partial charge in [-0.1, -0.05) is 12.8 Å². The van der Waals surface area contributed by atoms with E-state index in [2.05, 4.69) is 4.90 Å². The van der Waals surface area contributed by atoms with Crippen LogP contribution in [0.4, 0.5) is 0 Å². The quantitative estimate of drug-likeness (QED) is 0.0693. The standard InChI is InChI=1S/C33H57NO13/c1-26(36)42-20-30(21-43-27(2)37)24-46-32(40)14-8-5-10-16-34(18-12-7-13-19-35)17-11-6-9-15-33(41)47-25-31(22-44-28(3)38)23-45-29(4)39/h30-31,35H,5-25H2,1-4H3. The van der Waals surface area contributed by atoms with E-state index in [1.54, 1.807) is 0 Å². The van der Waals surface area contributed by atoms with Crippen LogP contribution in [-0.4, -0.2) is 112 Å². The molecule has 0 amide bonds. The average molecular weight is 676 g/mol. The number of carbonyl (C=O) groups is 6. The molecule has 0 rings (SSSR count). The van der Waals surface area contributed by atoms with Crippen LogP contribution in [0.15, 0.2) is 0 Å². The van der Waals surface area contributed by atoms with Crippen LogP contribution in [0.3, 0.4) is 0 Å². The Bertz CT molecular complexity index is 809. The maximum atomic E-state index is 12.2. The predicted molar refractivity (Wildman–Crippen MR) is 170 cm³/mol. The fourth-order valence-corrected chi connectivity index (χ4v) is 4.32. The van der Waals surface area contributed by atoms with E-state index in [1.807, 2.05) is 0 Å². The number of aliphatic hydroxyl groups is 1. The molecular weight excluding hydrogens is 618 g/mol. The van der Waals surface area contributed by atoms with Crippen molar-refractivity contribution >= 4 is 35.8 Å². The van der Waals surface area contributed by atoms with Crippen LogP contribution in [0.5, 0.6) is 0 Å². The first-order valence-corrected chi connectivity index (χ1v) is 16.6. The van der Waals surface area contributed by atoms with Gasteiger partial charge in [0.15, 0.2) is 0 Å². The minimum atomic E-state index is -0.467. The summed E-state index contributed by atoms with van der Waals surface area (Å²) in [4.78, 5) is 71.2. The second kappa shape index (κ2) is 28.9. The molecule has 0 aromatic rings. The molecular formula is C33H57NO13. The van der Waals surface area contributed by atoms with Crippen LogP contribution < -0.4 is 0 Å². The van der Waals surface area contributed by atoms with Crippen LogP contribution in [0.2, 0.25) is 0 Å². The summed E-state index contributed by atoms with van der Waals surface area (Å²) in [5.74, 6) is -3.44. The van der Waals surface area contributed by atoms with E-state index in [9.17, 15) is 28.8 Å². The number of hydrogen-bond acceptors (Lipinski definition) is 14. The Kier molecular flexibility index (Phi) is 26.9. The topological polar surface area (TPSA) is 181 Å². The van der Waals surface area contributed by atoms with E-state index >= 15 is 0 Å². The predicted octanol–water partition coefficient (Wildman–Crippen LogP) is 3.14. The van der Waals surface area contributed by atoms with Crippen molar-refractivity contribution in [2.24, 2.45) is 11.8 Å². The van der Waals surface area contributed by atoms with Gasteiger partial charge in [-0.05, 0) is 64.6 Å². The van der Waals surface area contributed by atoms with Gasteiger partial charge >= 0.3 is 35.8 Å². The van der Waals surface area contributed by atoms with Gasteiger partial charge in [-0.3, -0.25) is 28.8 Å². The normalized spacial score (nSPS) is 11.0. The molecule has 0 aliphatic carbocycles. The molecule has 47 heavy (non-hydrogen) atoms. The third-order valence-electron chi connectivity index (χ3n) is 6.89. The molecule has 272 valence electrons. The Balaban J connectivity index is 4.41. The number of ether oxygens (including phenoxy) is 6. The van der Waals surface area contributed by atoms with Gasteiger partial charge in [-0.25, -0.2) is 0 Å². The summed E-state index contributed by atoms with van der Waals surface area (Å²) in [6.07, 6.45) is 8.03. The fourth-order valence-electron chi connectivity index (χ4n) is 4.32. The van der Waals surface area contributed by atoms with Crippen molar-refractivity contribution in [3.05, 3.63) is 0 Å². The fraction of sp³-hybridized carbons (Fsp3) is 0.818. The van der Waals surface area contributed by atoms with Gasteiger partial charge in [-0.2, -0.15) is 0 Å². The highest BCUT2D eigenvalue weighted by Gasteiger charge is 2.17. The molecule has 0 unspecified atom stereocenters. The Morgan fingerprint density at radius 3 is 1.04 bits per heavy atom. The van der Waals surface area contributed by atoms with Gasteiger partial charge in [-0.15, -0.1) is 0 Å². The minimum absolute atomic E-state index is 0.00737. The summed E-state index contributed by atoms with van der Waals surface area (Å²) in [5.41, 5.74) is 0. The Morgan fingerprint density at radius 2 is 0.745 bits per heavy atom. The third-order valence-corrected chi connectivity index (χ3v) is 6.89. The van der Waals surface area contributed by atoms with Crippen molar-refractivity contribution in [3.8, 4) is 0 Å². The van der Waals surface area contributed by atoms with Gasteiger partial charge in [0.2, 0.25) is 0 Å². The summed E-state index contributed by atoms with van der Waals surface area (Å²) in [5, 5.41) is 9.09. The van der Waals surface area contributed by atoms with Crippen LogP contribution in [0.1, 0.15) is 98.3 Å². The molecule has 0 saturated heterocycles. The van der Waals surface area contributed by atoms with E-state index in [4.69, 9.17) is 33.5 Å². The Hall–Kier alpha value is -3.26. The highest BCUT2D eigenvalue weighted by Crippen LogP contribution is 2.10. The van der Waals surface area contributed by atoms with Crippen molar-refractivity contribution in [3.63, 3.8) is 0 Å². The monoisotopic (exact) mass is 675 g/mol. The molecule has 0 fully saturated rings. The molecule has 14 heteroatoms. The molecule has 0 aromatic carbocycles. The van der Waals surface area contributed by atoms with Crippen LogP contribution in [0, 0.1) is 11.8 Å². The lowest BCUT2D eigenvalue weighted by Gasteiger charge is -2.22. The van der Waals surface area contributed by atoms with E-state index < -0.39 is 35.7 Å². The molecule has 0 spiro atoms. The first-order valence-electron chi connectivity index (χ1n) is 16.6. The van der Waals surface area contributed by atoms with E-state index in [-0.39, 0.29) is 71.0 Å². The molecule has 0 aliphatic heterocycles. The molecule has 0 bridgehead atoms. The number of hydrogen-bond donors (Lipinski definition) is 1. The average Bonchev–Trinajstić information content (AvgIpc) is 3.01. The minimum Gasteiger partial charge on any atom is -0.465 e. The van der Waals surface area contributed by atoms with Gasteiger partial charge in [0.1, 0.15) is 39.6 Å². The largest absolute Gasteiger partial charge is 0.465 e. The van der Waals surface area contributed by atoms with Crippen molar-refractivity contribution < 1.29 is 62.3 Å². The van der Waals surface area contributed by atoms with Crippen LogP contribution in [0.25, 0.3) is 0 Å². The maximum Gasteiger partial charge on any atom is 0.305 e. The van der Waals surface area contributed by atoms with E-state index in [0.29, 0.717) is 12.8 Å². The Morgan fingerprint density at radius 1 is 0.447 bits per heavy atom. The first kappa shape index (κ1) is 43.7. The van der Waals surface area contributed by atoms with E-state index in [0.717, 1.165) is 64.6 Å². The number of esters is 6. The van der Waals surface area contributed by atoms with Crippen molar-refractivity contribution in [1.29, 1.82) is 0 Å². The van der Waals surface area contributed by atoms with Crippen molar-refractivity contribution in [1.82, 2.24) is 4.90 Å². The number of unbranched alkanes of at least 4 members (excludes halogenated alkanes) is 6. The van der Waals surface area contributed by atoms with Gasteiger partial charge in [0, 0.05) is 47.1 Å². The number of nitrogens with zero attached hydrogens (tertiary/aromatic N) is 1. The number of rotatable bonds is 29. The molecule has 0 aliphatic rings. The highest BCUT2D eigenvalue weighted by atomic mass is 16.6. The van der Waals surface area contributed by atoms with Crippen LogP contribution >= 0.6 is 0 Å². The summed E-state index contributed by atoms with van der Waals surface area (Å²) < 4.78 is 30.5. The summed E-state index contributed by atoms with van der Waals surface area (Å²) in [6.45, 7) is 7.87. The highest BCUT2D eigenvalue weighted by molar-refractivity contribution is 5.70. The third kappa shape index (κ3) is 29.9. The summed E-state index contributed by atoms with van der Waals surface area (Å²) in [6, 6.07) is 0. The number of carbonyl (C=O) groups excluding carboxylic acids is 6. The second-order valence-corrected chi connectivity index (χ2v) is 11.6. The molecule has 14 nitrogen and oxygen atoms in total. The zero-order chi connectivity index (χ0) is 35.3. The first-order chi connectivity index (χ1) is 22.4. The molecule has 0 heterocycles. The van der Waals surface area contributed by atoms with Crippen LogP contribution in [-0.2, 0) is 57.2 Å². The lowest BCUT2D eigenvalue weighted by molar-refractivity contribution is -0.154. The smallest absolute Gasteiger partial charge is 0.305 e. The van der Waals surface area contributed by atoms with Crippen molar-refractivity contribution in [2.45, 2.75) is 98.3 Å². The zero-order valence-corrected chi connectivity index (χ0v) is 28.8. The van der Waals surface area contributed by atoms with Gasteiger partial charge < -0.3 is 38.4 Å². The van der Waals surface area contributed by atoms with E-state index in [1.165, 1.54) is 27.7 Å². The molecule has 1 N–H and O–H groups in total. The zero-order valence-electron chi connectivity index (χ0n) is 28.8. The summed E-state index contributed by atoms with van der Waals surface area (Å²) >= 11 is 0. The molecule has 0 saturated carbocycles. The SMILES string of the molecule is CC(=O)OCC(COC(C)=O)COC(=O)CCCCCN(CCCCCO)CCCCCC(=O)OCC(COC(C)=O)COC(C)=O. The second-order valence-electron chi connectivity index (χ2n) is 11.6. The molecule has 0 atom stereocenters. The lowest BCUT2D eigenvalue weighted by atomic mass is 10.1. The lowest BCUT2D eigenvalue weighted by Crippen LogP contribution is -2.27. The maximum absolute atomic E-state index is 12.2. The van der Waals surface area contributed by atoms with Gasteiger partial charge in [0.25, 0.3) is 0 Å². The van der Waals surface area contributed by atoms with Gasteiger partial charge in [0.05, 0.1) is 11.8 Å². The number of aliphatic hydroxyl groups excluding tert-OH is 1. The Labute approximate surface area is 279 Å². The van der Waals surface area contributed by atoms with Crippen molar-refractivity contribution in [2.75, 3.05) is 65.9 Å².